The molecule has 0 fully saturated rings. The molecule has 1 aliphatic rings. The zero-order chi connectivity index (χ0) is 26.9. The fraction of sp³-hybridized carbons (Fsp3) is 0.296. The predicted molar refractivity (Wildman–Crippen MR) is 148 cm³/mol. The van der Waals surface area contributed by atoms with Crippen molar-refractivity contribution in [2.45, 2.75) is 39.8 Å². The van der Waals surface area contributed by atoms with Crippen molar-refractivity contribution < 1.29 is 19.0 Å². The van der Waals surface area contributed by atoms with Crippen LogP contribution in [0.1, 0.15) is 44.9 Å². The van der Waals surface area contributed by atoms with E-state index in [1.807, 2.05) is 13.0 Å². The molecule has 1 aliphatic heterocycles. The Labute approximate surface area is 231 Å². The number of nitrogens with zero attached hydrogens (tertiary/aromatic N) is 2. The quantitative estimate of drug-likeness (QED) is 0.354. The number of fused-ring (bicyclic) bond motifs is 1. The molecule has 1 atom stereocenters. The van der Waals surface area contributed by atoms with Gasteiger partial charge in [0.25, 0.3) is 5.56 Å². The molecule has 3 aromatic rings. The summed E-state index contributed by atoms with van der Waals surface area (Å²) >= 11 is 10.9. The molecule has 7 nitrogen and oxygen atoms in total. The van der Waals surface area contributed by atoms with Gasteiger partial charge in [0.1, 0.15) is 0 Å². The molecule has 0 saturated heterocycles. The third kappa shape index (κ3) is 5.54. The summed E-state index contributed by atoms with van der Waals surface area (Å²) in [6.45, 7) is 7.67. The molecule has 0 aliphatic carbocycles. The van der Waals surface area contributed by atoms with Gasteiger partial charge in [-0.15, -0.1) is 0 Å². The lowest BCUT2D eigenvalue weighted by Gasteiger charge is -2.25. The van der Waals surface area contributed by atoms with Crippen LogP contribution in [0.5, 0.6) is 11.5 Å². The summed E-state index contributed by atoms with van der Waals surface area (Å²) in [7, 11) is 1.57. The Morgan fingerprint density at radius 3 is 2.57 bits per heavy atom. The topological polar surface area (TPSA) is 79.1 Å². The zero-order valence-corrected chi connectivity index (χ0v) is 24.2. The number of ether oxygens (including phenoxy) is 3. The molecule has 0 saturated carbocycles. The number of thiazole rings is 1. The summed E-state index contributed by atoms with van der Waals surface area (Å²) in [6.07, 6.45) is 1.45. The molecular formula is C27H26BrClN2O5S. The third-order valence-corrected chi connectivity index (χ3v) is 7.56. The minimum Gasteiger partial charge on any atom is -0.493 e. The molecule has 0 unspecified atom stereocenters. The molecule has 2 heterocycles. The number of hydrogen-bond acceptors (Lipinski definition) is 7. The zero-order valence-electron chi connectivity index (χ0n) is 21.0. The van der Waals surface area contributed by atoms with E-state index in [0.29, 0.717) is 43.7 Å². The highest BCUT2D eigenvalue weighted by Crippen LogP contribution is 2.34. The van der Waals surface area contributed by atoms with Crippen molar-refractivity contribution in [1.82, 2.24) is 4.57 Å². The number of benzene rings is 2. The van der Waals surface area contributed by atoms with Crippen molar-refractivity contribution in [3.05, 3.63) is 88.0 Å². The van der Waals surface area contributed by atoms with Gasteiger partial charge in [-0.25, -0.2) is 9.79 Å². The summed E-state index contributed by atoms with van der Waals surface area (Å²) in [5.74, 6) is 0.643. The highest BCUT2D eigenvalue weighted by Gasteiger charge is 2.33. The van der Waals surface area contributed by atoms with E-state index >= 15 is 0 Å². The van der Waals surface area contributed by atoms with Crippen molar-refractivity contribution in [2.75, 3.05) is 13.7 Å². The van der Waals surface area contributed by atoms with Crippen molar-refractivity contribution in [3.63, 3.8) is 0 Å². The number of carbonyl (C=O) groups excluding carboxylic acids is 1. The van der Waals surface area contributed by atoms with Gasteiger partial charge < -0.3 is 14.2 Å². The molecule has 0 radical (unpaired) electrons. The molecule has 0 N–H and O–H groups in total. The SMILES string of the molecule is CCOc1cc(/C=c2/sc3n(c2=O)[C@@H](c2ccc(Cl)cc2)C(C(=O)OC(C)C)=C(C)N=3)c(Br)cc1OC. The van der Waals surface area contributed by atoms with E-state index in [0.717, 1.165) is 15.6 Å². The second kappa shape index (κ2) is 11.2. The predicted octanol–water partition coefficient (Wildman–Crippen LogP) is 5.01. The maximum Gasteiger partial charge on any atom is 0.338 e. The Kier molecular flexibility index (Phi) is 8.26. The lowest BCUT2D eigenvalue weighted by Crippen LogP contribution is -2.40. The van der Waals surface area contributed by atoms with Gasteiger partial charge in [-0.1, -0.05) is 51.0 Å². The van der Waals surface area contributed by atoms with Gasteiger partial charge in [0, 0.05) is 9.50 Å². The van der Waals surface area contributed by atoms with Crippen LogP contribution >= 0.6 is 38.9 Å². The standard InChI is InChI=1S/C27H26BrClN2O5S/c1-6-35-21-11-17(19(28)13-20(21)34-5)12-22-25(32)31-24(16-7-9-18(29)10-8-16)23(26(33)36-14(2)3)15(4)30-27(31)37-22/h7-14,24H,6H2,1-5H3/b22-12+/t24-/m0/s1. The van der Waals surface area contributed by atoms with Crippen LogP contribution in [0.25, 0.3) is 6.08 Å². The van der Waals surface area contributed by atoms with Gasteiger partial charge in [-0.2, -0.15) is 0 Å². The average molecular weight is 606 g/mol. The monoisotopic (exact) mass is 604 g/mol. The van der Waals surface area contributed by atoms with Crippen molar-refractivity contribution in [3.8, 4) is 11.5 Å². The van der Waals surface area contributed by atoms with Crippen LogP contribution in [-0.2, 0) is 9.53 Å². The molecular weight excluding hydrogens is 580 g/mol. The number of allylic oxidation sites excluding steroid dienone is 1. The molecule has 1 aromatic heterocycles. The van der Waals surface area contributed by atoms with Crippen LogP contribution in [0.4, 0.5) is 0 Å². The number of esters is 1. The number of hydrogen-bond donors (Lipinski definition) is 0. The summed E-state index contributed by atoms with van der Waals surface area (Å²) in [5, 5.41) is 0.553. The fourth-order valence-electron chi connectivity index (χ4n) is 4.05. The van der Waals surface area contributed by atoms with E-state index in [1.54, 1.807) is 68.9 Å². The van der Waals surface area contributed by atoms with E-state index < -0.39 is 12.0 Å². The van der Waals surface area contributed by atoms with E-state index in [2.05, 4.69) is 20.9 Å². The second-order valence-electron chi connectivity index (χ2n) is 8.55. The number of halogens is 2. The van der Waals surface area contributed by atoms with Crippen molar-refractivity contribution in [2.24, 2.45) is 4.99 Å². The van der Waals surface area contributed by atoms with Crippen molar-refractivity contribution in [1.29, 1.82) is 0 Å². The Bertz CT molecular complexity index is 1560. The fourth-order valence-corrected chi connectivity index (χ4v) is 5.65. The average Bonchev–Trinajstić information content (AvgIpc) is 3.14. The maximum absolute atomic E-state index is 13.8. The molecule has 0 spiro atoms. The number of methoxy groups -OCH3 is 1. The summed E-state index contributed by atoms with van der Waals surface area (Å²) in [6, 6.07) is 9.99. The first-order chi connectivity index (χ1) is 17.6. The number of rotatable bonds is 7. The lowest BCUT2D eigenvalue weighted by molar-refractivity contribution is -0.143. The Morgan fingerprint density at radius 2 is 1.95 bits per heavy atom. The normalized spacial score (nSPS) is 15.5. The lowest BCUT2D eigenvalue weighted by atomic mass is 9.96. The molecule has 10 heteroatoms. The minimum atomic E-state index is -0.708. The molecule has 0 amide bonds. The maximum atomic E-state index is 13.8. The second-order valence-corrected chi connectivity index (χ2v) is 10.8. The van der Waals surface area contributed by atoms with Gasteiger partial charge >= 0.3 is 5.97 Å². The minimum absolute atomic E-state index is 0.272. The van der Waals surface area contributed by atoms with Crippen LogP contribution < -0.4 is 24.4 Å². The van der Waals surface area contributed by atoms with Crippen LogP contribution in [0.3, 0.4) is 0 Å². The van der Waals surface area contributed by atoms with Gasteiger partial charge in [0.05, 0.1) is 41.7 Å². The van der Waals surface area contributed by atoms with Gasteiger partial charge in [0.2, 0.25) is 0 Å². The van der Waals surface area contributed by atoms with Gasteiger partial charge in [-0.05, 0) is 69.2 Å². The van der Waals surface area contributed by atoms with Crippen LogP contribution in [-0.4, -0.2) is 30.4 Å². The summed E-state index contributed by atoms with van der Waals surface area (Å²) in [5.41, 5.74) is 2.02. The van der Waals surface area contributed by atoms with E-state index in [-0.39, 0.29) is 11.7 Å². The number of aromatic nitrogens is 1. The Morgan fingerprint density at radius 1 is 1.24 bits per heavy atom. The molecule has 194 valence electrons. The van der Waals surface area contributed by atoms with Crippen LogP contribution in [0, 0.1) is 0 Å². The first-order valence-corrected chi connectivity index (χ1v) is 13.6. The van der Waals surface area contributed by atoms with E-state index in [9.17, 15) is 9.59 Å². The highest BCUT2D eigenvalue weighted by molar-refractivity contribution is 9.10. The first-order valence-electron chi connectivity index (χ1n) is 11.6. The summed E-state index contributed by atoms with van der Waals surface area (Å²) in [4.78, 5) is 32.1. The van der Waals surface area contributed by atoms with Crippen molar-refractivity contribution >= 4 is 50.9 Å². The largest absolute Gasteiger partial charge is 0.493 e. The van der Waals surface area contributed by atoms with E-state index in [1.165, 1.54) is 11.3 Å². The molecule has 2 aromatic carbocycles. The first kappa shape index (κ1) is 27.2. The molecule has 0 bridgehead atoms. The highest BCUT2D eigenvalue weighted by atomic mass is 79.9. The van der Waals surface area contributed by atoms with Gasteiger partial charge in [-0.3, -0.25) is 9.36 Å². The molecule has 37 heavy (non-hydrogen) atoms. The smallest absolute Gasteiger partial charge is 0.338 e. The van der Waals surface area contributed by atoms with Gasteiger partial charge in [0.15, 0.2) is 16.3 Å². The van der Waals surface area contributed by atoms with Crippen LogP contribution in [0.15, 0.2) is 61.9 Å². The van der Waals surface area contributed by atoms with Crippen LogP contribution in [0.2, 0.25) is 5.02 Å². The number of carbonyl (C=O) groups is 1. The Balaban J connectivity index is 1.93. The Hall–Kier alpha value is -2.88. The summed E-state index contributed by atoms with van der Waals surface area (Å²) < 4.78 is 19.4. The van der Waals surface area contributed by atoms with E-state index in [4.69, 9.17) is 25.8 Å². The molecule has 4 rings (SSSR count). The third-order valence-electron chi connectivity index (χ3n) is 5.64.